The van der Waals surface area contributed by atoms with Crippen molar-refractivity contribution in [1.82, 2.24) is 5.32 Å². The van der Waals surface area contributed by atoms with Crippen LogP contribution in [-0.2, 0) is 14.6 Å². The van der Waals surface area contributed by atoms with Crippen molar-refractivity contribution >= 4 is 27.5 Å². The van der Waals surface area contributed by atoms with Gasteiger partial charge in [0.05, 0.1) is 30.4 Å². The molecule has 1 aliphatic heterocycles. The monoisotopic (exact) mass is 361 g/mol. The summed E-state index contributed by atoms with van der Waals surface area (Å²) in [5.74, 6) is 0.420. The summed E-state index contributed by atoms with van der Waals surface area (Å²) in [5, 5.41) is 2.76. The van der Waals surface area contributed by atoms with Gasteiger partial charge in [-0.2, -0.15) is 0 Å². The largest absolute Gasteiger partial charge is 0.496 e. The highest BCUT2D eigenvalue weighted by atomic mass is 32.2. The summed E-state index contributed by atoms with van der Waals surface area (Å²) in [4.78, 5) is 12.0. The number of methoxy groups -OCH3 is 1. The molecule has 0 aliphatic carbocycles. The smallest absolute Gasteiger partial charge is 0.230 e. The van der Waals surface area contributed by atoms with Crippen LogP contribution in [0, 0.1) is 5.82 Å². The van der Waals surface area contributed by atoms with Crippen molar-refractivity contribution in [2.24, 2.45) is 0 Å². The van der Waals surface area contributed by atoms with E-state index >= 15 is 0 Å². The number of hydrogen-bond acceptors (Lipinski definition) is 5. The SMILES string of the molecule is COc1ccc(F)cc1[C@H](C)NC(=O)CS[C@@H]1CCS(=O)(=O)C1. The lowest BCUT2D eigenvalue weighted by Crippen LogP contribution is -2.29. The molecule has 1 amide bonds. The van der Waals surface area contributed by atoms with Crippen LogP contribution in [0.4, 0.5) is 4.39 Å². The lowest BCUT2D eigenvalue weighted by molar-refractivity contribution is -0.119. The van der Waals surface area contributed by atoms with Gasteiger partial charge < -0.3 is 10.1 Å². The van der Waals surface area contributed by atoms with Gasteiger partial charge in [0.2, 0.25) is 5.91 Å². The Kier molecular flexibility index (Phi) is 5.91. The van der Waals surface area contributed by atoms with E-state index in [1.54, 1.807) is 6.92 Å². The van der Waals surface area contributed by atoms with E-state index in [2.05, 4.69) is 5.32 Å². The summed E-state index contributed by atoms with van der Waals surface area (Å²) in [5.41, 5.74) is 0.564. The van der Waals surface area contributed by atoms with Crippen LogP contribution in [0.2, 0.25) is 0 Å². The van der Waals surface area contributed by atoms with Gasteiger partial charge in [0.1, 0.15) is 11.6 Å². The first-order chi connectivity index (χ1) is 10.8. The van der Waals surface area contributed by atoms with Crippen molar-refractivity contribution in [1.29, 1.82) is 0 Å². The zero-order valence-electron chi connectivity index (χ0n) is 13.0. The van der Waals surface area contributed by atoms with Crippen molar-refractivity contribution in [3.05, 3.63) is 29.6 Å². The number of amides is 1. The maximum Gasteiger partial charge on any atom is 0.230 e. The number of rotatable bonds is 6. The average Bonchev–Trinajstić information content (AvgIpc) is 2.84. The van der Waals surface area contributed by atoms with Gasteiger partial charge in [0, 0.05) is 10.8 Å². The molecule has 1 fully saturated rings. The summed E-state index contributed by atoms with van der Waals surface area (Å²) >= 11 is 1.35. The molecule has 0 unspecified atom stereocenters. The third-order valence-corrected chi connectivity index (χ3v) is 6.96. The van der Waals surface area contributed by atoms with Gasteiger partial charge in [-0.25, -0.2) is 12.8 Å². The molecule has 8 heteroatoms. The quantitative estimate of drug-likeness (QED) is 0.838. The normalized spacial score (nSPS) is 20.9. The maximum atomic E-state index is 13.4. The molecular formula is C15H20FNO4S2. The van der Waals surface area contributed by atoms with Gasteiger partial charge in [-0.3, -0.25) is 4.79 Å². The van der Waals surface area contributed by atoms with Crippen LogP contribution in [0.1, 0.15) is 24.9 Å². The molecule has 0 saturated carbocycles. The highest BCUT2D eigenvalue weighted by Crippen LogP contribution is 2.27. The number of ether oxygens (including phenoxy) is 1. The van der Waals surface area contributed by atoms with Gasteiger partial charge in [-0.1, -0.05) is 0 Å². The van der Waals surface area contributed by atoms with E-state index in [9.17, 15) is 17.6 Å². The molecule has 1 aromatic rings. The van der Waals surface area contributed by atoms with Crippen molar-refractivity contribution in [2.75, 3.05) is 24.4 Å². The minimum Gasteiger partial charge on any atom is -0.496 e. The highest BCUT2D eigenvalue weighted by Gasteiger charge is 2.28. The Balaban J connectivity index is 1.89. The van der Waals surface area contributed by atoms with E-state index in [1.165, 1.54) is 37.1 Å². The number of nitrogens with one attached hydrogen (secondary N) is 1. The first-order valence-corrected chi connectivity index (χ1v) is 10.1. The molecule has 1 aromatic carbocycles. The Labute approximate surface area is 139 Å². The summed E-state index contributed by atoms with van der Waals surface area (Å²) in [6.45, 7) is 1.75. The molecule has 0 aromatic heterocycles. The molecule has 1 heterocycles. The fourth-order valence-electron chi connectivity index (χ4n) is 2.49. The van der Waals surface area contributed by atoms with E-state index in [0.29, 0.717) is 17.7 Å². The highest BCUT2D eigenvalue weighted by molar-refractivity contribution is 8.02. The Hall–Kier alpha value is -1.28. The third kappa shape index (κ3) is 5.10. The maximum absolute atomic E-state index is 13.4. The molecule has 1 saturated heterocycles. The summed E-state index contributed by atoms with van der Waals surface area (Å²) < 4.78 is 41.3. The van der Waals surface area contributed by atoms with E-state index in [1.807, 2.05) is 0 Å². The molecule has 5 nitrogen and oxygen atoms in total. The number of hydrogen-bond donors (Lipinski definition) is 1. The fraction of sp³-hybridized carbons (Fsp3) is 0.533. The second kappa shape index (κ2) is 7.53. The molecular weight excluding hydrogens is 341 g/mol. The molecule has 0 spiro atoms. The van der Waals surface area contributed by atoms with Crippen LogP contribution in [0.15, 0.2) is 18.2 Å². The van der Waals surface area contributed by atoms with Crippen molar-refractivity contribution < 1.29 is 22.3 Å². The zero-order valence-corrected chi connectivity index (χ0v) is 14.7. The molecule has 0 radical (unpaired) electrons. The van der Waals surface area contributed by atoms with Crippen LogP contribution in [0.5, 0.6) is 5.75 Å². The molecule has 1 N–H and O–H groups in total. The predicted octanol–water partition coefficient (Wildman–Crippen LogP) is 1.93. The van der Waals surface area contributed by atoms with E-state index in [0.717, 1.165) is 0 Å². The summed E-state index contributed by atoms with van der Waals surface area (Å²) in [6.07, 6.45) is 0.591. The number of benzene rings is 1. The van der Waals surface area contributed by atoms with Gasteiger partial charge in [-0.05, 0) is 31.5 Å². The zero-order chi connectivity index (χ0) is 17.0. The van der Waals surface area contributed by atoms with E-state index in [-0.39, 0.29) is 28.4 Å². The van der Waals surface area contributed by atoms with Gasteiger partial charge >= 0.3 is 0 Å². The van der Waals surface area contributed by atoms with Gasteiger partial charge in [0.15, 0.2) is 9.84 Å². The lowest BCUT2D eigenvalue weighted by atomic mass is 10.1. The van der Waals surface area contributed by atoms with Crippen LogP contribution < -0.4 is 10.1 Å². The second-order valence-corrected chi connectivity index (χ2v) is 9.03. The van der Waals surface area contributed by atoms with Crippen molar-refractivity contribution in [3.63, 3.8) is 0 Å². The van der Waals surface area contributed by atoms with Crippen LogP contribution in [-0.4, -0.2) is 43.9 Å². The first kappa shape index (κ1) is 18.1. The molecule has 2 rings (SSSR count). The molecule has 0 bridgehead atoms. The van der Waals surface area contributed by atoms with Crippen LogP contribution in [0.25, 0.3) is 0 Å². The molecule has 2 atom stereocenters. The van der Waals surface area contributed by atoms with Gasteiger partial charge in [0.25, 0.3) is 0 Å². The predicted molar refractivity (Wildman–Crippen MR) is 89.0 cm³/mol. The van der Waals surface area contributed by atoms with E-state index in [4.69, 9.17) is 4.74 Å². The third-order valence-electron chi connectivity index (χ3n) is 3.68. The Morgan fingerprint density at radius 2 is 2.26 bits per heavy atom. The standard InChI is InChI=1S/C15H20FNO4S2/c1-10(13-7-11(16)3-4-14(13)21-2)17-15(18)8-22-12-5-6-23(19,20)9-12/h3-4,7,10,12H,5-6,8-9H2,1-2H3,(H,17,18)/t10-,12+/m0/s1. The molecule has 128 valence electrons. The first-order valence-electron chi connectivity index (χ1n) is 7.25. The van der Waals surface area contributed by atoms with Crippen LogP contribution in [0.3, 0.4) is 0 Å². The Morgan fingerprint density at radius 1 is 1.52 bits per heavy atom. The van der Waals surface area contributed by atoms with Crippen LogP contribution >= 0.6 is 11.8 Å². The minimum absolute atomic E-state index is 0.0234. The lowest BCUT2D eigenvalue weighted by Gasteiger charge is -2.18. The van der Waals surface area contributed by atoms with Gasteiger partial charge in [-0.15, -0.1) is 11.8 Å². The fourth-order valence-corrected chi connectivity index (χ4v) is 5.94. The number of sulfone groups is 1. The number of halogens is 1. The Morgan fingerprint density at radius 3 is 2.87 bits per heavy atom. The molecule has 1 aliphatic rings. The van der Waals surface area contributed by atoms with Crippen molar-refractivity contribution in [2.45, 2.75) is 24.6 Å². The second-order valence-electron chi connectivity index (χ2n) is 5.51. The topological polar surface area (TPSA) is 72.5 Å². The summed E-state index contributed by atoms with van der Waals surface area (Å²) in [7, 11) is -1.45. The van der Waals surface area contributed by atoms with Crippen molar-refractivity contribution in [3.8, 4) is 5.75 Å². The average molecular weight is 361 g/mol. The number of thioether (sulfide) groups is 1. The molecule has 23 heavy (non-hydrogen) atoms. The number of carbonyl (C=O) groups is 1. The minimum atomic E-state index is -2.93. The summed E-state index contributed by atoms with van der Waals surface area (Å²) in [6, 6.07) is 3.75. The number of carbonyl (C=O) groups excluding carboxylic acids is 1. The Bertz CT molecular complexity index is 678. The van der Waals surface area contributed by atoms with E-state index < -0.39 is 21.7 Å².